The van der Waals surface area contributed by atoms with E-state index in [1.165, 1.54) is 22.1 Å². The van der Waals surface area contributed by atoms with Crippen LogP contribution in [0.25, 0.3) is 11.0 Å². The van der Waals surface area contributed by atoms with E-state index in [-0.39, 0.29) is 5.78 Å². The van der Waals surface area contributed by atoms with Crippen molar-refractivity contribution in [2.75, 3.05) is 46.0 Å². The van der Waals surface area contributed by atoms with Gasteiger partial charge in [0.2, 0.25) is 0 Å². The van der Waals surface area contributed by atoms with Gasteiger partial charge in [-0.3, -0.25) is 14.6 Å². The van der Waals surface area contributed by atoms with Crippen LogP contribution in [0.15, 0.2) is 73.1 Å². The Balaban J connectivity index is 1.04. The van der Waals surface area contributed by atoms with Crippen LogP contribution in [0.4, 0.5) is 0 Å². The summed E-state index contributed by atoms with van der Waals surface area (Å²) >= 11 is 0. The van der Waals surface area contributed by atoms with Crippen LogP contribution in [0.2, 0.25) is 0 Å². The van der Waals surface area contributed by atoms with E-state index < -0.39 is 6.61 Å². The number of nitrogens with zero attached hydrogens (tertiary/aromatic N) is 4. The lowest BCUT2D eigenvalue weighted by atomic mass is 9.90. The third-order valence-electron chi connectivity index (χ3n) is 8.36. The monoisotopic (exact) mass is 538 g/mol. The fourth-order valence-electron chi connectivity index (χ4n) is 6.06. The van der Waals surface area contributed by atoms with Crippen LogP contribution in [0.1, 0.15) is 51.4 Å². The Labute approximate surface area is 236 Å². The molecule has 208 valence electrons. The van der Waals surface area contributed by atoms with Crippen LogP contribution in [-0.4, -0.2) is 76.2 Å². The van der Waals surface area contributed by atoms with Gasteiger partial charge in [0.25, 0.3) is 0 Å². The number of carbonyl (C=O) groups is 1. The van der Waals surface area contributed by atoms with Crippen molar-refractivity contribution in [3.63, 3.8) is 0 Å². The second-order valence-corrected chi connectivity index (χ2v) is 11.2. The molecule has 4 heterocycles. The number of ketones is 1. The van der Waals surface area contributed by atoms with Crippen LogP contribution in [-0.2, 0) is 24.4 Å². The zero-order chi connectivity index (χ0) is 27.3. The fourth-order valence-corrected chi connectivity index (χ4v) is 6.06. The number of piperidine rings is 1. The number of benzene rings is 2. The van der Waals surface area contributed by atoms with Crippen molar-refractivity contribution in [3.05, 3.63) is 101 Å². The molecule has 0 radical (unpaired) electrons. The van der Waals surface area contributed by atoms with Crippen LogP contribution >= 0.6 is 0 Å². The number of aliphatic hydroxyl groups excluding tert-OH is 1. The number of aromatic nitrogens is 2. The van der Waals surface area contributed by atoms with Gasteiger partial charge in [0.1, 0.15) is 12.3 Å². The molecule has 0 spiro atoms. The first-order valence-electron chi connectivity index (χ1n) is 14.4. The van der Waals surface area contributed by atoms with E-state index in [0.29, 0.717) is 18.0 Å². The highest BCUT2D eigenvalue weighted by Gasteiger charge is 2.22. The van der Waals surface area contributed by atoms with Crippen LogP contribution in [0.5, 0.6) is 0 Å². The molecule has 2 fully saturated rings. The molecule has 0 amide bonds. The molecule has 0 aliphatic carbocycles. The third kappa shape index (κ3) is 6.34. The van der Waals surface area contributed by atoms with Gasteiger partial charge in [0.05, 0.1) is 13.2 Å². The van der Waals surface area contributed by atoms with E-state index in [9.17, 15) is 4.79 Å². The molecule has 0 saturated carbocycles. The molecular weight excluding hydrogens is 500 g/mol. The first-order valence-corrected chi connectivity index (χ1v) is 14.4. The molecule has 7 heteroatoms. The maximum atomic E-state index is 11.7. The maximum Gasteiger partial charge on any atom is 0.188 e. The van der Waals surface area contributed by atoms with Crippen molar-refractivity contribution >= 4 is 16.8 Å². The number of carbonyl (C=O) groups excluding carboxylic acids is 1. The molecule has 1 N–H and O–H groups in total. The van der Waals surface area contributed by atoms with Gasteiger partial charge in [0.15, 0.2) is 5.78 Å². The minimum Gasteiger partial charge on any atom is -0.388 e. The Morgan fingerprint density at radius 2 is 1.55 bits per heavy atom. The van der Waals surface area contributed by atoms with Crippen LogP contribution in [0.3, 0.4) is 0 Å². The molecule has 0 bridgehead atoms. The minimum absolute atomic E-state index is 0.258. The summed E-state index contributed by atoms with van der Waals surface area (Å²) in [5.74, 6) is 0.285. The van der Waals surface area contributed by atoms with Crippen molar-refractivity contribution in [3.8, 4) is 0 Å². The lowest BCUT2D eigenvalue weighted by Gasteiger charge is -2.32. The first kappa shape index (κ1) is 26.8. The summed E-state index contributed by atoms with van der Waals surface area (Å²) in [7, 11) is 0. The highest BCUT2D eigenvalue weighted by molar-refractivity contribution is 5.96. The number of Topliss-reactive ketones (excluding diaryl/α,β-unsaturated/α-hetero) is 1. The van der Waals surface area contributed by atoms with Crippen LogP contribution < -0.4 is 0 Å². The number of ether oxygens (including phenoxy) is 1. The number of pyridine rings is 1. The van der Waals surface area contributed by atoms with Crippen molar-refractivity contribution in [2.24, 2.45) is 0 Å². The zero-order valence-electron chi connectivity index (χ0n) is 23.0. The van der Waals surface area contributed by atoms with E-state index in [1.54, 1.807) is 12.1 Å². The molecule has 2 aromatic heterocycles. The minimum atomic E-state index is -0.462. The number of hydrogen-bond donors (Lipinski definition) is 1. The molecule has 0 unspecified atom stereocenters. The average Bonchev–Trinajstić information content (AvgIpc) is 3.40. The van der Waals surface area contributed by atoms with Crippen molar-refractivity contribution < 1.29 is 14.6 Å². The van der Waals surface area contributed by atoms with Gasteiger partial charge in [-0.25, -0.2) is 4.98 Å². The molecule has 40 heavy (non-hydrogen) atoms. The van der Waals surface area contributed by atoms with Crippen molar-refractivity contribution in [1.29, 1.82) is 0 Å². The molecule has 2 aliphatic rings. The predicted octanol–water partition coefficient (Wildman–Crippen LogP) is 4.47. The lowest BCUT2D eigenvalue weighted by Crippen LogP contribution is -2.35. The van der Waals surface area contributed by atoms with E-state index in [1.807, 2.05) is 12.1 Å². The van der Waals surface area contributed by atoms with Gasteiger partial charge in [-0.1, -0.05) is 48.5 Å². The summed E-state index contributed by atoms with van der Waals surface area (Å²) in [6.07, 6.45) is 6.46. The molecule has 4 aromatic rings. The highest BCUT2D eigenvalue weighted by atomic mass is 16.5. The molecule has 2 aromatic carbocycles. The number of likely N-dealkylation sites (tertiary alicyclic amines) is 1. The van der Waals surface area contributed by atoms with Crippen molar-refractivity contribution in [1.82, 2.24) is 19.4 Å². The fraction of sp³-hybridized carbons (Fsp3) is 0.394. The van der Waals surface area contributed by atoms with E-state index in [2.05, 4.69) is 63.2 Å². The summed E-state index contributed by atoms with van der Waals surface area (Å²) < 4.78 is 7.64. The standard InChI is InChI=1S/C33H38N4O3/c38-24-32(39)29-6-4-25(5-7-29)23-37-13-10-30-19-31(20-34-33(30)37)28-8-11-35(12-9-28)21-26-2-1-3-27(18-26)22-36-14-16-40-17-15-36/h1-7,10,13,18-20,28,38H,8-9,11-12,14-17,21-24H2. The second kappa shape index (κ2) is 12.4. The number of rotatable bonds is 9. The van der Waals surface area contributed by atoms with Crippen molar-refractivity contribution in [2.45, 2.75) is 38.4 Å². The van der Waals surface area contributed by atoms with Gasteiger partial charge in [-0.15, -0.1) is 0 Å². The number of morpholine rings is 1. The van der Waals surface area contributed by atoms with Gasteiger partial charge in [-0.05, 0) is 66.2 Å². The summed E-state index contributed by atoms with van der Waals surface area (Å²) in [5, 5.41) is 10.2. The van der Waals surface area contributed by atoms with Gasteiger partial charge >= 0.3 is 0 Å². The second-order valence-electron chi connectivity index (χ2n) is 11.2. The summed E-state index contributed by atoms with van der Waals surface area (Å²) in [4.78, 5) is 21.6. The number of hydrogen-bond acceptors (Lipinski definition) is 6. The number of aliphatic hydroxyl groups is 1. The third-order valence-corrected chi connectivity index (χ3v) is 8.36. The molecular formula is C33H38N4O3. The Kier molecular flexibility index (Phi) is 8.35. The largest absolute Gasteiger partial charge is 0.388 e. The quantitative estimate of drug-likeness (QED) is 0.317. The lowest BCUT2D eigenvalue weighted by molar-refractivity contribution is 0.0342. The Morgan fingerprint density at radius 1 is 0.850 bits per heavy atom. The summed E-state index contributed by atoms with van der Waals surface area (Å²) in [6.45, 7) is 8.18. The van der Waals surface area contributed by atoms with E-state index >= 15 is 0 Å². The first-order chi connectivity index (χ1) is 19.6. The van der Waals surface area contributed by atoms with Gasteiger partial charge < -0.3 is 14.4 Å². The smallest absolute Gasteiger partial charge is 0.188 e. The maximum absolute atomic E-state index is 11.7. The molecule has 2 aliphatic heterocycles. The number of fused-ring (bicyclic) bond motifs is 1. The zero-order valence-corrected chi connectivity index (χ0v) is 23.0. The Hall–Kier alpha value is -3.36. The predicted molar refractivity (Wildman–Crippen MR) is 156 cm³/mol. The van der Waals surface area contributed by atoms with E-state index in [4.69, 9.17) is 14.8 Å². The molecule has 7 nitrogen and oxygen atoms in total. The molecule has 2 saturated heterocycles. The van der Waals surface area contributed by atoms with Crippen LogP contribution in [0, 0.1) is 0 Å². The average molecular weight is 539 g/mol. The normalized spacial score (nSPS) is 17.4. The molecule has 0 atom stereocenters. The SMILES string of the molecule is O=C(CO)c1ccc(Cn2ccc3cc(C4CCN(Cc5cccc(CN6CCOCC6)c5)CC4)cnc32)cc1. The van der Waals surface area contributed by atoms with Gasteiger partial charge in [0, 0.05) is 56.1 Å². The topological polar surface area (TPSA) is 70.8 Å². The van der Waals surface area contributed by atoms with Gasteiger partial charge in [-0.2, -0.15) is 0 Å². The Bertz CT molecular complexity index is 1430. The molecule has 6 rings (SSSR count). The summed E-state index contributed by atoms with van der Waals surface area (Å²) in [5.41, 5.74) is 6.75. The van der Waals surface area contributed by atoms with E-state index in [0.717, 1.165) is 76.5 Å². The highest BCUT2D eigenvalue weighted by Crippen LogP contribution is 2.30. The summed E-state index contributed by atoms with van der Waals surface area (Å²) in [6, 6.07) is 21.0. The Morgan fingerprint density at radius 3 is 2.25 bits per heavy atom.